The van der Waals surface area contributed by atoms with Gasteiger partial charge in [0.2, 0.25) is 0 Å². The van der Waals surface area contributed by atoms with E-state index in [4.69, 9.17) is 0 Å². The van der Waals surface area contributed by atoms with Gasteiger partial charge >= 0.3 is 0 Å². The number of hydrogen-bond donors (Lipinski definition) is 1. The summed E-state index contributed by atoms with van der Waals surface area (Å²) in [6, 6.07) is 9.03. The van der Waals surface area contributed by atoms with Crippen LogP contribution < -0.4 is 10.2 Å². The summed E-state index contributed by atoms with van der Waals surface area (Å²) in [7, 11) is 1.81. The van der Waals surface area contributed by atoms with E-state index in [2.05, 4.69) is 38.1 Å². The smallest absolute Gasteiger partial charge is 0.193 e. The average molecular weight is 483 g/mol. The number of aromatic nitrogens is 1. The van der Waals surface area contributed by atoms with Crippen LogP contribution in [0.3, 0.4) is 0 Å². The Morgan fingerprint density at radius 1 is 1.19 bits per heavy atom. The Bertz CT molecular complexity index is 760. The number of nitrogens with zero attached hydrogens (tertiary/aromatic N) is 4. The lowest BCUT2D eigenvalue weighted by atomic mass is 10.1. The van der Waals surface area contributed by atoms with E-state index in [1.165, 1.54) is 17.2 Å². The zero-order valence-corrected chi connectivity index (χ0v) is 18.2. The van der Waals surface area contributed by atoms with Gasteiger partial charge in [0.1, 0.15) is 5.82 Å². The molecule has 0 amide bonds. The quantitative estimate of drug-likeness (QED) is 0.413. The second-order valence-electron chi connectivity index (χ2n) is 6.45. The average Bonchev–Trinajstić information content (AvgIpc) is 2.67. The standard InChI is InChI=1S/C20H26FN5.HI/c1-16-15-23-9-7-17(16)8-10-24-20(22-2)26-13-11-25(12-14-26)19-6-4-3-5-18(19)21;/h3-7,9,15H,8,10-14H2,1-2H3,(H,22,24);1H. The first-order chi connectivity index (χ1) is 12.7. The second-order valence-corrected chi connectivity index (χ2v) is 6.45. The zero-order valence-electron chi connectivity index (χ0n) is 15.9. The third kappa shape index (κ3) is 5.54. The highest BCUT2D eigenvalue weighted by Gasteiger charge is 2.21. The molecule has 27 heavy (non-hydrogen) atoms. The highest BCUT2D eigenvalue weighted by Crippen LogP contribution is 2.20. The normalized spacial score (nSPS) is 14.7. The van der Waals surface area contributed by atoms with Crippen molar-refractivity contribution in [2.45, 2.75) is 13.3 Å². The molecule has 0 atom stereocenters. The van der Waals surface area contributed by atoms with Crippen molar-refractivity contribution in [1.82, 2.24) is 15.2 Å². The van der Waals surface area contributed by atoms with Crippen LogP contribution in [0, 0.1) is 12.7 Å². The van der Waals surface area contributed by atoms with Gasteiger partial charge in [-0.2, -0.15) is 0 Å². The summed E-state index contributed by atoms with van der Waals surface area (Å²) < 4.78 is 14.0. The SMILES string of the molecule is CN=C(NCCc1ccncc1C)N1CCN(c2ccccc2F)CC1.I. The van der Waals surface area contributed by atoms with E-state index >= 15 is 0 Å². The Hall–Kier alpha value is -1.90. The predicted octanol–water partition coefficient (Wildman–Crippen LogP) is 3.09. The van der Waals surface area contributed by atoms with Gasteiger partial charge < -0.3 is 15.1 Å². The molecule has 2 heterocycles. The van der Waals surface area contributed by atoms with Crippen molar-refractivity contribution in [3.05, 3.63) is 59.7 Å². The number of para-hydroxylation sites is 1. The summed E-state index contributed by atoms with van der Waals surface area (Å²) in [6.45, 7) is 6.12. The van der Waals surface area contributed by atoms with Crippen molar-refractivity contribution in [2.24, 2.45) is 4.99 Å². The molecule has 1 aliphatic rings. The van der Waals surface area contributed by atoms with Crippen LogP contribution in [0.4, 0.5) is 10.1 Å². The number of halogens is 2. The summed E-state index contributed by atoms with van der Waals surface area (Å²) in [5.41, 5.74) is 3.19. The molecule has 1 N–H and O–H groups in total. The lowest BCUT2D eigenvalue weighted by Gasteiger charge is -2.37. The lowest BCUT2D eigenvalue weighted by molar-refractivity contribution is 0.371. The number of piperazine rings is 1. The fourth-order valence-electron chi connectivity index (χ4n) is 3.29. The molecular weight excluding hydrogens is 456 g/mol. The van der Waals surface area contributed by atoms with E-state index in [1.54, 1.807) is 6.07 Å². The number of nitrogens with one attached hydrogen (secondary N) is 1. The second kappa shape index (κ2) is 10.4. The first kappa shape index (κ1) is 21.4. The van der Waals surface area contributed by atoms with E-state index in [1.807, 2.05) is 31.6 Å². The van der Waals surface area contributed by atoms with Crippen LogP contribution >= 0.6 is 24.0 Å². The van der Waals surface area contributed by atoms with E-state index in [9.17, 15) is 4.39 Å². The van der Waals surface area contributed by atoms with Crippen molar-refractivity contribution in [3.63, 3.8) is 0 Å². The van der Waals surface area contributed by atoms with E-state index in [0.717, 1.165) is 45.1 Å². The molecule has 5 nitrogen and oxygen atoms in total. The van der Waals surface area contributed by atoms with E-state index in [0.29, 0.717) is 5.69 Å². The number of pyridine rings is 1. The van der Waals surface area contributed by atoms with Gasteiger partial charge in [0.15, 0.2) is 5.96 Å². The Balaban J connectivity index is 0.00000261. The summed E-state index contributed by atoms with van der Waals surface area (Å²) >= 11 is 0. The molecule has 1 saturated heterocycles. The Labute approximate surface area is 177 Å². The summed E-state index contributed by atoms with van der Waals surface area (Å²) in [4.78, 5) is 12.9. The molecule has 0 spiro atoms. The fraction of sp³-hybridized carbons (Fsp3) is 0.400. The van der Waals surface area contributed by atoms with Crippen LogP contribution in [-0.2, 0) is 6.42 Å². The fourth-order valence-corrected chi connectivity index (χ4v) is 3.29. The summed E-state index contributed by atoms with van der Waals surface area (Å²) in [5, 5.41) is 3.44. The number of guanidine groups is 1. The van der Waals surface area contributed by atoms with Gasteiger partial charge in [0, 0.05) is 52.2 Å². The largest absolute Gasteiger partial charge is 0.366 e. The van der Waals surface area contributed by atoms with Crippen LogP contribution in [-0.4, -0.2) is 55.6 Å². The van der Waals surface area contributed by atoms with Gasteiger partial charge in [-0.15, -0.1) is 24.0 Å². The number of aliphatic imine (C=N–C) groups is 1. The van der Waals surface area contributed by atoms with Crippen molar-refractivity contribution in [2.75, 3.05) is 44.7 Å². The summed E-state index contributed by atoms with van der Waals surface area (Å²) in [6.07, 6.45) is 4.66. The first-order valence-electron chi connectivity index (χ1n) is 9.03. The highest BCUT2D eigenvalue weighted by molar-refractivity contribution is 14.0. The Kier molecular flexibility index (Phi) is 8.27. The molecule has 0 radical (unpaired) electrons. The van der Waals surface area contributed by atoms with Crippen LogP contribution in [0.5, 0.6) is 0 Å². The number of anilines is 1. The molecule has 0 saturated carbocycles. The van der Waals surface area contributed by atoms with Gasteiger partial charge in [-0.3, -0.25) is 9.98 Å². The van der Waals surface area contributed by atoms with Gasteiger partial charge in [0.05, 0.1) is 5.69 Å². The molecule has 1 aliphatic heterocycles. The van der Waals surface area contributed by atoms with Crippen LogP contribution in [0.15, 0.2) is 47.7 Å². The molecule has 1 aromatic carbocycles. The molecule has 146 valence electrons. The van der Waals surface area contributed by atoms with Crippen LogP contribution in [0.25, 0.3) is 0 Å². The monoisotopic (exact) mass is 483 g/mol. The topological polar surface area (TPSA) is 43.8 Å². The molecule has 0 aliphatic carbocycles. The molecule has 0 unspecified atom stereocenters. The van der Waals surface area contributed by atoms with Crippen molar-refractivity contribution in [1.29, 1.82) is 0 Å². The van der Waals surface area contributed by atoms with Crippen molar-refractivity contribution >= 4 is 35.6 Å². The van der Waals surface area contributed by atoms with Gasteiger partial charge in [-0.05, 0) is 42.7 Å². The van der Waals surface area contributed by atoms with Crippen LogP contribution in [0.1, 0.15) is 11.1 Å². The molecule has 1 fully saturated rings. The number of hydrogen-bond acceptors (Lipinski definition) is 3. The maximum absolute atomic E-state index is 14.0. The molecule has 2 aromatic rings. The van der Waals surface area contributed by atoms with E-state index in [-0.39, 0.29) is 29.8 Å². The minimum absolute atomic E-state index is 0. The molecule has 0 bridgehead atoms. The zero-order chi connectivity index (χ0) is 18.4. The number of rotatable bonds is 4. The maximum Gasteiger partial charge on any atom is 0.193 e. The minimum Gasteiger partial charge on any atom is -0.366 e. The lowest BCUT2D eigenvalue weighted by Crippen LogP contribution is -2.53. The van der Waals surface area contributed by atoms with Gasteiger partial charge in [-0.1, -0.05) is 12.1 Å². The third-order valence-electron chi connectivity index (χ3n) is 4.80. The maximum atomic E-state index is 14.0. The van der Waals surface area contributed by atoms with E-state index < -0.39 is 0 Å². The number of aryl methyl sites for hydroxylation is 1. The first-order valence-corrected chi connectivity index (χ1v) is 9.03. The minimum atomic E-state index is -0.156. The van der Waals surface area contributed by atoms with Gasteiger partial charge in [-0.25, -0.2) is 4.39 Å². The Morgan fingerprint density at radius 3 is 2.59 bits per heavy atom. The van der Waals surface area contributed by atoms with Crippen molar-refractivity contribution < 1.29 is 4.39 Å². The Morgan fingerprint density at radius 2 is 1.93 bits per heavy atom. The highest BCUT2D eigenvalue weighted by atomic mass is 127. The third-order valence-corrected chi connectivity index (χ3v) is 4.80. The predicted molar refractivity (Wildman–Crippen MR) is 120 cm³/mol. The number of benzene rings is 1. The molecular formula is C20H27FIN5. The molecule has 1 aromatic heterocycles. The van der Waals surface area contributed by atoms with Gasteiger partial charge in [0.25, 0.3) is 0 Å². The van der Waals surface area contributed by atoms with Crippen LogP contribution in [0.2, 0.25) is 0 Å². The molecule has 7 heteroatoms. The summed E-state index contributed by atoms with van der Waals surface area (Å²) in [5.74, 6) is 0.751. The van der Waals surface area contributed by atoms with Crippen molar-refractivity contribution in [3.8, 4) is 0 Å². The molecule has 3 rings (SSSR count).